The monoisotopic (exact) mass is 433 g/mol. The van der Waals surface area contributed by atoms with Gasteiger partial charge < -0.3 is 14.5 Å². The van der Waals surface area contributed by atoms with E-state index in [4.69, 9.17) is 9.15 Å². The van der Waals surface area contributed by atoms with Crippen LogP contribution >= 0.6 is 0 Å². The Morgan fingerprint density at radius 2 is 1.87 bits per heavy atom. The molecule has 6 nitrogen and oxygen atoms in total. The van der Waals surface area contributed by atoms with Crippen LogP contribution in [0.2, 0.25) is 0 Å². The minimum absolute atomic E-state index is 0.108. The number of benzene rings is 2. The highest BCUT2D eigenvalue weighted by molar-refractivity contribution is 5.93. The molecule has 0 aliphatic heterocycles. The molecule has 0 spiro atoms. The molecular weight excluding hydrogens is 411 g/mol. The maximum Gasteiger partial charge on any atom is 0.418 e. The number of aromatic nitrogens is 1. The maximum atomic E-state index is 13.1. The molecule has 0 radical (unpaired) electrons. The van der Waals surface area contributed by atoms with E-state index in [1.165, 1.54) is 18.2 Å². The van der Waals surface area contributed by atoms with E-state index in [0.717, 1.165) is 17.4 Å². The van der Waals surface area contributed by atoms with E-state index < -0.39 is 17.6 Å². The van der Waals surface area contributed by atoms with Crippen LogP contribution in [0.3, 0.4) is 0 Å². The number of ether oxygens (including phenoxy) is 1. The van der Waals surface area contributed by atoms with Crippen LogP contribution in [0.25, 0.3) is 11.3 Å². The fourth-order valence-corrected chi connectivity index (χ4v) is 2.98. The van der Waals surface area contributed by atoms with Crippen molar-refractivity contribution in [2.24, 2.45) is 0 Å². The van der Waals surface area contributed by atoms with E-state index in [2.05, 4.69) is 10.3 Å². The number of amides is 1. The number of halogens is 3. The predicted molar refractivity (Wildman–Crippen MR) is 110 cm³/mol. The Kier molecular flexibility index (Phi) is 6.96. The van der Waals surface area contributed by atoms with Gasteiger partial charge in [-0.1, -0.05) is 19.1 Å². The number of hydrogen-bond donors (Lipinski definition) is 1. The number of hydrogen-bond acceptors (Lipinski definition) is 5. The Bertz CT molecular complexity index is 1020. The fraction of sp³-hybridized carbons (Fsp3) is 0.273. The summed E-state index contributed by atoms with van der Waals surface area (Å²) in [5.74, 6) is 1.13. The third-order valence-corrected chi connectivity index (χ3v) is 4.61. The van der Waals surface area contributed by atoms with Crippen molar-refractivity contribution < 1.29 is 27.1 Å². The quantitative estimate of drug-likeness (QED) is 0.551. The van der Waals surface area contributed by atoms with Gasteiger partial charge in [0.15, 0.2) is 5.76 Å². The second kappa shape index (κ2) is 9.65. The summed E-state index contributed by atoms with van der Waals surface area (Å²) < 4.78 is 50.2. The summed E-state index contributed by atoms with van der Waals surface area (Å²) in [6, 6.07) is 12.2. The first-order chi connectivity index (χ1) is 14.8. The topological polar surface area (TPSA) is 67.6 Å². The number of nitrogens with zero attached hydrogens (tertiary/aromatic N) is 2. The molecule has 9 heteroatoms. The number of anilines is 1. The van der Waals surface area contributed by atoms with E-state index in [1.807, 2.05) is 19.1 Å². The van der Waals surface area contributed by atoms with Gasteiger partial charge in [-0.3, -0.25) is 9.69 Å². The molecule has 2 aromatic carbocycles. The van der Waals surface area contributed by atoms with Gasteiger partial charge in [-0.2, -0.15) is 13.2 Å². The zero-order valence-corrected chi connectivity index (χ0v) is 17.1. The lowest BCUT2D eigenvalue weighted by Crippen LogP contribution is -2.33. The number of methoxy groups -OCH3 is 1. The lowest BCUT2D eigenvalue weighted by Gasteiger charge is -2.19. The van der Waals surface area contributed by atoms with Gasteiger partial charge in [0.1, 0.15) is 5.75 Å². The highest BCUT2D eigenvalue weighted by Crippen LogP contribution is 2.34. The number of alkyl halides is 3. The standard InChI is InChI=1S/C22H22F3N3O3/c1-3-28(13-20(29)27-18-7-5-4-6-17(18)22(23,24)25)14-21-26-12-19(31-21)15-8-10-16(30-2)11-9-15/h4-12H,3,13-14H2,1-2H3,(H,27,29). The zero-order chi connectivity index (χ0) is 22.4. The lowest BCUT2D eigenvalue weighted by atomic mass is 10.1. The molecule has 1 heterocycles. The highest BCUT2D eigenvalue weighted by Gasteiger charge is 2.33. The molecule has 0 aliphatic carbocycles. The molecule has 31 heavy (non-hydrogen) atoms. The minimum Gasteiger partial charge on any atom is -0.497 e. The van der Waals surface area contributed by atoms with Crippen LogP contribution in [-0.4, -0.2) is 36.0 Å². The molecule has 3 rings (SSSR count). The Morgan fingerprint density at radius 1 is 1.16 bits per heavy atom. The van der Waals surface area contributed by atoms with Crippen molar-refractivity contribution in [1.82, 2.24) is 9.88 Å². The van der Waals surface area contributed by atoms with Crippen molar-refractivity contribution in [3.8, 4) is 17.1 Å². The zero-order valence-electron chi connectivity index (χ0n) is 17.1. The Morgan fingerprint density at radius 3 is 2.52 bits per heavy atom. The average Bonchev–Trinajstić information content (AvgIpc) is 3.21. The molecule has 1 amide bonds. The largest absolute Gasteiger partial charge is 0.497 e. The maximum absolute atomic E-state index is 13.1. The van der Waals surface area contributed by atoms with Crippen molar-refractivity contribution in [2.45, 2.75) is 19.6 Å². The third-order valence-electron chi connectivity index (χ3n) is 4.61. The number of para-hydroxylation sites is 1. The summed E-state index contributed by atoms with van der Waals surface area (Å²) >= 11 is 0. The molecule has 0 saturated heterocycles. The van der Waals surface area contributed by atoms with Crippen LogP contribution in [0.5, 0.6) is 5.75 Å². The van der Waals surface area contributed by atoms with Crippen molar-refractivity contribution >= 4 is 11.6 Å². The SMILES string of the molecule is CCN(CC(=O)Nc1ccccc1C(F)(F)F)Cc1ncc(-c2ccc(OC)cc2)o1. The molecule has 1 N–H and O–H groups in total. The van der Waals surface area contributed by atoms with Crippen LogP contribution in [-0.2, 0) is 17.5 Å². The van der Waals surface area contributed by atoms with Gasteiger partial charge in [0.2, 0.25) is 11.8 Å². The van der Waals surface area contributed by atoms with Crippen molar-refractivity contribution in [1.29, 1.82) is 0 Å². The summed E-state index contributed by atoms with van der Waals surface area (Å²) in [4.78, 5) is 18.3. The number of likely N-dealkylation sites (N-methyl/N-ethyl adjacent to an activating group) is 1. The predicted octanol–water partition coefficient (Wildman–Crippen LogP) is 4.83. The van der Waals surface area contributed by atoms with Gasteiger partial charge in [-0.05, 0) is 42.9 Å². The van der Waals surface area contributed by atoms with Gasteiger partial charge in [-0.15, -0.1) is 0 Å². The normalized spacial score (nSPS) is 11.5. The number of nitrogens with one attached hydrogen (secondary N) is 1. The smallest absolute Gasteiger partial charge is 0.418 e. The first-order valence-electron chi connectivity index (χ1n) is 9.57. The molecule has 0 unspecified atom stereocenters. The average molecular weight is 433 g/mol. The third kappa shape index (κ3) is 5.85. The van der Waals surface area contributed by atoms with Crippen LogP contribution in [0.4, 0.5) is 18.9 Å². The fourth-order valence-electron chi connectivity index (χ4n) is 2.98. The molecule has 1 aromatic heterocycles. The number of oxazole rings is 1. The number of carbonyl (C=O) groups excluding carboxylic acids is 1. The molecule has 0 fully saturated rings. The van der Waals surface area contributed by atoms with E-state index in [9.17, 15) is 18.0 Å². The number of carbonyl (C=O) groups is 1. The van der Waals surface area contributed by atoms with Crippen molar-refractivity contribution in [3.63, 3.8) is 0 Å². The van der Waals surface area contributed by atoms with E-state index in [1.54, 1.807) is 30.3 Å². The molecule has 0 bridgehead atoms. The van der Waals surface area contributed by atoms with Gasteiger partial charge in [-0.25, -0.2) is 4.98 Å². The van der Waals surface area contributed by atoms with Crippen molar-refractivity contribution in [3.05, 3.63) is 66.2 Å². The van der Waals surface area contributed by atoms with Crippen LogP contribution in [0.15, 0.2) is 59.1 Å². The second-order valence-corrected chi connectivity index (χ2v) is 6.74. The van der Waals surface area contributed by atoms with Gasteiger partial charge >= 0.3 is 6.18 Å². The Hall–Kier alpha value is -3.33. The van der Waals surface area contributed by atoms with Gasteiger partial charge in [0.05, 0.1) is 37.6 Å². The molecular formula is C22H22F3N3O3. The number of rotatable bonds is 8. The summed E-state index contributed by atoms with van der Waals surface area (Å²) in [6.45, 7) is 2.45. The van der Waals surface area contributed by atoms with Crippen molar-refractivity contribution in [2.75, 3.05) is 25.5 Å². The minimum atomic E-state index is -4.55. The molecule has 164 valence electrons. The van der Waals surface area contributed by atoms with E-state index in [0.29, 0.717) is 18.2 Å². The van der Waals surface area contributed by atoms with Gasteiger partial charge in [0, 0.05) is 5.56 Å². The Labute approximate surface area is 177 Å². The Balaban J connectivity index is 1.63. The van der Waals surface area contributed by atoms with Crippen LogP contribution < -0.4 is 10.1 Å². The molecule has 3 aromatic rings. The summed E-state index contributed by atoms with van der Waals surface area (Å²) in [6.07, 6.45) is -2.96. The summed E-state index contributed by atoms with van der Waals surface area (Å²) in [5, 5.41) is 2.35. The first-order valence-corrected chi connectivity index (χ1v) is 9.57. The van der Waals surface area contributed by atoms with E-state index in [-0.39, 0.29) is 18.8 Å². The molecule has 0 atom stereocenters. The van der Waals surface area contributed by atoms with Crippen LogP contribution in [0.1, 0.15) is 18.4 Å². The molecule has 0 aliphatic rings. The second-order valence-electron chi connectivity index (χ2n) is 6.74. The molecule has 0 saturated carbocycles. The summed E-state index contributed by atoms with van der Waals surface area (Å²) in [5.41, 5.74) is -0.332. The first kappa shape index (κ1) is 22.4. The van der Waals surface area contributed by atoms with Crippen LogP contribution in [0, 0.1) is 0 Å². The summed E-state index contributed by atoms with van der Waals surface area (Å²) in [7, 11) is 1.58. The lowest BCUT2D eigenvalue weighted by molar-refractivity contribution is -0.137. The van der Waals surface area contributed by atoms with E-state index >= 15 is 0 Å². The van der Waals surface area contributed by atoms with Gasteiger partial charge in [0.25, 0.3) is 0 Å². The highest BCUT2D eigenvalue weighted by atomic mass is 19.4.